The molecule has 6 heteroatoms. The number of carbonyl (C=O) groups is 1. The SMILES string of the molecule is Cc1ncc(-c2ccc(C[C@H]3CCCN(C(=O)c4cccnc4)C3)cn2)n1C. The van der Waals surface area contributed by atoms with Crippen LogP contribution in [-0.2, 0) is 13.5 Å². The van der Waals surface area contributed by atoms with Crippen molar-refractivity contribution in [1.29, 1.82) is 0 Å². The largest absolute Gasteiger partial charge is 0.338 e. The Hall–Kier alpha value is -3.02. The van der Waals surface area contributed by atoms with E-state index in [0.29, 0.717) is 11.5 Å². The zero-order chi connectivity index (χ0) is 19.5. The molecule has 1 aliphatic heterocycles. The number of aromatic nitrogens is 4. The quantitative estimate of drug-likeness (QED) is 0.702. The van der Waals surface area contributed by atoms with E-state index in [1.165, 1.54) is 5.56 Å². The molecule has 0 N–H and O–H groups in total. The normalized spacial score (nSPS) is 16.9. The van der Waals surface area contributed by atoms with E-state index in [-0.39, 0.29) is 5.91 Å². The van der Waals surface area contributed by atoms with Crippen molar-refractivity contribution >= 4 is 5.91 Å². The number of aryl methyl sites for hydroxylation is 1. The summed E-state index contributed by atoms with van der Waals surface area (Å²) in [5, 5.41) is 0. The van der Waals surface area contributed by atoms with Gasteiger partial charge in [0, 0.05) is 38.7 Å². The van der Waals surface area contributed by atoms with Crippen molar-refractivity contribution in [3.8, 4) is 11.4 Å². The molecular weight excluding hydrogens is 350 g/mol. The Bertz CT molecular complexity index is 949. The van der Waals surface area contributed by atoms with Gasteiger partial charge in [-0.05, 0) is 55.9 Å². The first-order valence-corrected chi connectivity index (χ1v) is 9.74. The molecular formula is C22H25N5O. The Morgan fingerprint density at radius 2 is 2.07 bits per heavy atom. The number of piperidine rings is 1. The number of nitrogens with zero attached hydrogens (tertiary/aromatic N) is 5. The number of hydrogen-bond acceptors (Lipinski definition) is 4. The molecule has 0 radical (unpaired) electrons. The van der Waals surface area contributed by atoms with Crippen LogP contribution in [0.25, 0.3) is 11.4 Å². The minimum Gasteiger partial charge on any atom is -0.338 e. The second kappa shape index (κ2) is 7.92. The summed E-state index contributed by atoms with van der Waals surface area (Å²) in [6, 6.07) is 7.85. The average molecular weight is 375 g/mol. The predicted octanol–water partition coefficient (Wildman–Crippen LogP) is 3.28. The molecule has 144 valence electrons. The third-order valence-electron chi connectivity index (χ3n) is 5.55. The standard InChI is InChI=1S/C22H25N5O/c1-16-24-14-21(26(16)2)20-8-7-17(12-25-20)11-18-5-4-10-27(15-18)22(28)19-6-3-9-23-13-19/h3,6-9,12-14,18H,4-5,10-11,15H2,1-2H3/t18-/m1/s1. The molecule has 1 atom stereocenters. The van der Waals surface area contributed by atoms with Gasteiger partial charge in [0.05, 0.1) is 23.1 Å². The topological polar surface area (TPSA) is 63.9 Å². The summed E-state index contributed by atoms with van der Waals surface area (Å²) in [6.07, 6.45) is 10.3. The number of pyridine rings is 2. The lowest BCUT2D eigenvalue weighted by molar-refractivity contribution is 0.0673. The highest BCUT2D eigenvalue weighted by Crippen LogP contribution is 2.23. The number of imidazole rings is 1. The molecule has 0 unspecified atom stereocenters. The van der Waals surface area contributed by atoms with Crippen molar-refractivity contribution in [2.24, 2.45) is 13.0 Å². The molecule has 6 nitrogen and oxygen atoms in total. The van der Waals surface area contributed by atoms with Crippen LogP contribution in [0.4, 0.5) is 0 Å². The van der Waals surface area contributed by atoms with Crippen LogP contribution >= 0.6 is 0 Å². The van der Waals surface area contributed by atoms with Gasteiger partial charge in [0.25, 0.3) is 5.91 Å². The third kappa shape index (κ3) is 3.81. The van der Waals surface area contributed by atoms with Gasteiger partial charge in [0.1, 0.15) is 5.82 Å². The summed E-state index contributed by atoms with van der Waals surface area (Å²) in [5.74, 6) is 1.51. The van der Waals surface area contributed by atoms with Crippen LogP contribution in [-0.4, -0.2) is 43.4 Å². The summed E-state index contributed by atoms with van der Waals surface area (Å²) in [4.78, 5) is 27.7. The Kier molecular flexibility index (Phi) is 5.19. The molecule has 4 heterocycles. The molecule has 0 aliphatic carbocycles. The molecule has 4 rings (SSSR count). The molecule has 0 saturated carbocycles. The van der Waals surface area contributed by atoms with Crippen LogP contribution in [0.1, 0.15) is 34.6 Å². The van der Waals surface area contributed by atoms with Crippen molar-refractivity contribution in [2.45, 2.75) is 26.2 Å². The molecule has 0 spiro atoms. The Morgan fingerprint density at radius 3 is 2.75 bits per heavy atom. The van der Waals surface area contributed by atoms with Crippen LogP contribution < -0.4 is 0 Å². The second-order valence-corrected chi connectivity index (χ2v) is 7.51. The van der Waals surface area contributed by atoms with Gasteiger partial charge >= 0.3 is 0 Å². The molecule has 3 aromatic heterocycles. The maximum absolute atomic E-state index is 12.7. The molecule has 1 saturated heterocycles. The average Bonchev–Trinajstić information content (AvgIpc) is 3.07. The molecule has 0 aromatic carbocycles. The van der Waals surface area contributed by atoms with Crippen LogP contribution in [0.3, 0.4) is 0 Å². The first-order chi connectivity index (χ1) is 13.6. The van der Waals surface area contributed by atoms with E-state index in [1.807, 2.05) is 48.0 Å². The fourth-order valence-electron chi connectivity index (χ4n) is 3.86. The highest BCUT2D eigenvalue weighted by Gasteiger charge is 2.24. The summed E-state index contributed by atoms with van der Waals surface area (Å²) in [6.45, 7) is 3.59. The molecule has 3 aromatic rings. The first kappa shape index (κ1) is 18.3. The highest BCUT2D eigenvalue weighted by molar-refractivity contribution is 5.93. The van der Waals surface area contributed by atoms with Gasteiger partial charge in [-0.3, -0.25) is 14.8 Å². The number of carbonyl (C=O) groups excluding carboxylic acids is 1. The maximum atomic E-state index is 12.7. The van der Waals surface area contributed by atoms with E-state index < -0.39 is 0 Å². The molecule has 0 bridgehead atoms. The smallest absolute Gasteiger partial charge is 0.255 e. The number of rotatable bonds is 4. The number of likely N-dealkylation sites (tertiary alicyclic amines) is 1. The van der Waals surface area contributed by atoms with Gasteiger partial charge in [0.15, 0.2) is 0 Å². The molecule has 1 aliphatic rings. The monoisotopic (exact) mass is 375 g/mol. The second-order valence-electron chi connectivity index (χ2n) is 7.51. The highest BCUT2D eigenvalue weighted by atomic mass is 16.2. The van der Waals surface area contributed by atoms with Gasteiger partial charge in [0.2, 0.25) is 0 Å². The van der Waals surface area contributed by atoms with Gasteiger partial charge < -0.3 is 9.47 Å². The first-order valence-electron chi connectivity index (χ1n) is 9.74. The Balaban J connectivity index is 1.41. The summed E-state index contributed by atoms with van der Waals surface area (Å²) in [7, 11) is 2.00. The van der Waals surface area contributed by atoms with Crippen molar-refractivity contribution in [1.82, 2.24) is 24.4 Å². The van der Waals surface area contributed by atoms with E-state index >= 15 is 0 Å². The van der Waals surface area contributed by atoms with E-state index in [2.05, 4.69) is 27.1 Å². The molecule has 28 heavy (non-hydrogen) atoms. The van der Waals surface area contributed by atoms with Gasteiger partial charge in [-0.25, -0.2) is 4.98 Å². The van der Waals surface area contributed by atoms with E-state index in [1.54, 1.807) is 12.4 Å². The van der Waals surface area contributed by atoms with Crippen LogP contribution in [0.15, 0.2) is 49.1 Å². The third-order valence-corrected chi connectivity index (χ3v) is 5.55. The fraction of sp³-hybridized carbons (Fsp3) is 0.364. The summed E-state index contributed by atoms with van der Waals surface area (Å²) < 4.78 is 2.05. The minimum absolute atomic E-state index is 0.0813. The van der Waals surface area contributed by atoms with Gasteiger partial charge in [-0.2, -0.15) is 0 Å². The van der Waals surface area contributed by atoms with E-state index in [4.69, 9.17) is 0 Å². The summed E-state index contributed by atoms with van der Waals surface area (Å²) >= 11 is 0. The van der Waals surface area contributed by atoms with Crippen molar-refractivity contribution in [2.75, 3.05) is 13.1 Å². The Morgan fingerprint density at radius 1 is 1.18 bits per heavy atom. The van der Waals surface area contributed by atoms with Crippen LogP contribution in [0, 0.1) is 12.8 Å². The molecule has 1 fully saturated rings. The van der Waals surface area contributed by atoms with Crippen LogP contribution in [0.5, 0.6) is 0 Å². The number of amides is 1. The molecule has 1 amide bonds. The number of hydrogen-bond donors (Lipinski definition) is 0. The summed E-state index contributed by atoms with van der Waals surface area (Å²) in [5.41, 5.74) is 3.84. The van der Waals surface area contributed by atoms with E-state index in [0.717, 1.165) is 49.6 Å². The zero-order valence-electron chi connectivity index (χ0n) is 16.4. The zero-order valence-corrected chi connectivity index (χ0v) is 16.4. The van der Waals surface area contributed by atoms with Crippen molar-refractivity contribution in [3.05, 3.63) is 66.0 Å². The van der Waals surface area contributed by atoms with Crippen molar-refractivity contribution < 1.29 is 4.79 Å². The fourth-order valence-corrected chi connectivity index (χ4v) is 3.86. The van der Waals surface area contributed by atoms with Gasteiger partial charge in [-0.1, -0.05) is 6.07 Å². The van der Waals surface area contributed by atoms with Gasteiger partial charge in [-0.15, -0.1) is 0 Å². The predicted molar refractivity (Wildman–Crippen MR) is 108 cm³/mol. The maximum Gasteiger partial charge on any atom is 0.255 e. The minimum atomic E-state index is 0.0813. The Labute approximate surface area is 165 Å². The van der Waals surface area contributed by atoms with Crippen LogP contribution in [0.2, 0.25) is 0 Å². The lowest BCUT2D eigenvalue weighted by Crippen LogP contribution is -2.40. The van der Waals surface area contributed by atoms with E-state index in [9.17, 15) is 4.79 Å². The van der Waals surface area contributed by atoms with Crippen molar-refractivity contribution in [3.63, 3.8) is 0 Å². The lowest BCUT2D eigenvalue weighted by atomic mass is 9.91. The lowest BCUT2D eigenvalue weighted by Gasteiger charge is -2.33.